The summed E-state index contributed by atoms with van der Waals surface area (Å²) in [6.07, 6.45) is 4.56. The fraction of sp³-hybridized carbons (Fsp3) is 0.438. The average Bonchev–Trinajstić information content (AvgIpc) is 4.03. The highest BCUT2D eigenvalue weighted by Crippen LogP contribution is 2.20. The number of benzene rings is 2. The second-order valence-corrected chi connectivity index (χ2v) is 17.3. The number of carbonyl (C=O) groups is 9. The Morgan fingerprint density at radius 1 is 0.630 bits per heavy atom. The lowest BCUT2D eigenvalue weighted by Gasteiger charge is -2.28. The van der Waals surface area contributed by atoms with Gasteiger partial charge in [-0.15, -0.1) is 0 Å². The number of rotatable bonds is 31. The summed E-state index contributed by atoms with van der Waals surface area (Å²) in [6.45, 7) is 2.82. The Morgan fingerprint density at radius 2 is 1.15 bits per heavy atom. The maximum atomic E-state index is 14.6. The van der Waals surface area contributed by atoms with Crippen molar-refractivity contribution in [1.29, 1.82) is 0 Å². The van der Waals surface area contributed by atoms with E-state index < -0.39 is 102 Å². The highest BCUT2D eigenvalue weighted by atomic mass is 16.4. The van der Waals surface area contributed by atoms with Crippen molar-refractivity contribution in [2.75, 3.05) is 13.1 Å². The molecule has 0 fully saturated rings. The fourth-order valence-corrected chi connectivity index (χ4v) is 7.73. The van der Waals surface area contributed by atoms with Gasteiger partial charge in [0.05, 0.1) is 6.33 Å². The van der Waals surface area contributed by atoms with Crippen LogP contribution in [-0.2, 0) is 62.4 Å². The van der Waals surface area contributed by atoms with Gasteiger partial charge in [0, 0.05) is 74.7 Å². The average molecular weight is 1010 g/mol. The molecule has 18 N–H and O–H groups in total. The lowest BCUT2D eigenvalue weighted by atomic mass is 10.0. The van der Waals surface area contributed by atoms with Crippen molar-refractivity contribution in [3.63, 3.8) is 0 Å². The summed E-state index contributed by atoms with van der Waals surface area (Å²) in [4.78, 5) is 135. The summed E-state index contributed by atoms with van der Waals surface area (Å²) >= 11 is 0. The van der Waals surface area contributed by atoms with Gasteiger partial charge in [-0.3, -0.25) is 48.1 Å². The summed E-state index contributed by atoms with van der Waals surface area (Å²) in [5.41, 5.74) is 24.6. The number of amides is 8. The molecule has 25 nitrogen and oxygen atoms in total. The topological polar surface area (TPSA) is 419 Å². The number of aliphatic carboxylic acids is 1. The third kappa shape index (κ3) is 19.1. The van der Waals surface area contributed by atoms with Crippen LogP contribution >= 0.6 is 0 Å². The number of aromatic nitrogens is 3. The number of H-pyrrole nitrogens is 2. The molecule has 2 heterocycles. The monoisotopic (exact) mass is 1010 g/mol. The van der Waals surface area contributed by atoms with Crippen LogP contribution in [0.2, 0.25) is 0 Å². The van der Waals surface area contributed by atoms with Crippen LogP contribution < -0.4 is 60.2 Å². The van der Waals surface area contributed by atoms with Crippen molar-refractivity contribution >= 4 is 70.1 Å². The zero-order valence-electron chi connectivity index (χ0n) is 40.8. The molecule has 0 aliphatic rings. The second-order valence-electron chi connectivity index (χ2n) is 17.3. The van der Waals surface area contributed by atoms with Gasteiger partial charge < -0.3 is 75.2 Å². The van der Waals surface area contributed by atoms with Crippen molar-refractivity contribution in [3.05, 3.63) is 90.1 Å². The molecule has 0 saturated carbocycles. The summed E-state index contributed by atoms with van der Waals surface area (Å²) in [5.74, 6) is -7.95. The first-order chi connectivity index (χ1) is 34.9. The van der Waals surface area contributed by atoms with Crippen LogP contribution in [0.1, 0.15) is 75.6 Å². The SMILES string of the molecule is CCCC[C@H](NC(C)=O)C(=O)N[C@@H](CCC(=O)O)C(=O)N[C@@H](Cc1cnc[nH]1)C(=O)N[C@H](Cc1ccccc1)C(=O)N[C@@H](CCCN=C(N)N)C(=O)N[C@@H](Cc1c[nH]c2ccccc12)C(=O)N[C@@H](CN)C(N)=O. The number of para-hydroxylation sites is 1. The highest BCUT2D eigenvalue weighted by Gasteiger charge is 2.35. The number of fused-ring (bicyclic) bond motifs is 1. The number of aliphatic imine (C=N–C) groups is 1. The quantitative estimate of drug-likeness (QED) is 0.0146. The molecule has 0 unspecified atom stereocenters. The predicted molar refractivity (Wildman–Crippen MR) is 268 cm³/mol. The summed E-state index contributed by atoms with van der Waals surface area (Å²) in [7, 11) is 0. The Kier molecular flexibility index (Phi) is 22.8. The van der Waals surface area contributed by atoms with Crippen molar-refractivity contribution in [2.24, 2.45) is 27.9 Å². The number of carbonyl (C=O) groups excluding carboxylic acids is 8. The molecule has 4 aromatic rings. The van der Waals surface area contributed by atoms with E-state index in [9.17, 15) is 48.3 Å². The number of nitrogens with zero attached hydrogens (tertiary/aromatic N) is 2. The molecular formula is C48H67N15O10. The molecule has 0 spiro atoms. The van der Waals surface area contributed by atoms with Crippen LogP contribution in [0.25, 0.3) is 10.9 Å². The molecule has 2 aromatic carbocycles. The van der Waals surface area contributed by atoms with E-state index in [4.69, 9.17) is 22.9 Å². The second kappa shape index (κ2) is 29.1. The van der Waals surface area contributed by atoms with E-state index in [1.807, 2.05) is 25.1 Å². The minimum atomic E-state index is -1.49. The molecule has 0 radical (unpaired) electrons. The predicted octanol–water partition coefficient (Wildman–Crippen LogP) is -2.12. The van der Waals surface area contributed by atoms with Crippen molar-refractivity contribution < 1.29 is 48.3 Å². The van der Waals surface area contributed by atoms with Crippen LogP contribution in [-0.4, -0.2) is 135 Å². The third-order valence-electron chi connectivity index (χ3n) is 11.6. The number of nitrogens with two attached hydrogens (primary N) is 4. The van der Waals surface area contributed by atoms with E-state index in [2.05, 4.69) is 57.2 Å². The Morgan fingerprint density at radius 3 is 1.70 bits per heavy atom. The van der Waals surface area contributed by atoms with Crippen molar-refractivity contribution in [1.82, 2.24) is 52.2 Å². The minimum absolute atomic E-state index is 0.0394. The molecule has 25 heteroatoms. The number of hydrogen-bond donors (Lipinski definition) is 14. The normalized spacial score (nSPS) is 13.8. The molecule has 0 aliphatic carbocycles. The molecule has 8 amide bonds. The van der Waals surface area contributed by atoms with Gasteiger partial charge in [-0.1, -0.05) is 68.3 Å². The molecule has 0 saturated heterocycles. The third-order valence-corrected chi connectivity index (χ3v) is 11.6. The molecule has 7 atom stereocenters. The molecular weight excluding hydrogens is 947 g/mol. The first-order valence-corrected chi connectivity index (χ1v) is 23.8. The maximum Gasteiger partial charge on any atom is 0.303 e. The van der Waals surface area contributed by atoms with Gasteiger partial charge >= 0.3 is 5.97 Å². The minimum Gasteiger partial charge on any atom is -0.481 e. The first kappa shape index (κ1) is 57.2. The Hall–Kier alpha value is -8.35. The number of nitrogens with one attached hydrogen (secondary N) is 9. The Balaban J connectivity index is 1.67. The number of carboxylic acid groups (broad SMARTS) is 1. The zero-order chi connectivity index (χ0) is 53.5. The van der Waals surface area contributed by atoms with Crippen LogP contribution in [0.15, 0.2) is 78.3 Å². The van der Waals surface area contributed by atoms with Crippen molar-refractivity contribution in [3.8, 4) is 0 Å². The van der Waals surface area contributed by atoms with Crippen molar-refractivity contribution in [2.45, 2.75) is 120 Å². The molecule has 73 heavy (non-hydrogen) atoms. The van der Waals surface area contributed by atoms with E-state index in [-0.39, 0.29) is 64.0 Å². The number of guanidine groups is 1. The lowest BCUT2D eigenvalue weighted by Crippen LogP contribution is -2.61. The van der Waals surface area contributed by atoms with Gasteiger partial charge in [0.15, 0.2) is 5.96 Å². The molecule has 394 valence electrons. The molecule has 0 aliphatic heterocycles. The van der Waals surface area contributed by atoms with E-state index in [1.165, 1.54) is 19.4 Å². The van der Waals surface area contributed by atoms with E-state index >= 15 is 0 Å². The first-order valence-electron chi connectivity index (χ1n) is 23.8. The summed E-state index contributed by atoms with van der Waals surface area (Å²) < 4.78 is 0. The fourth-order valence-electron chi connectivity index (χ4n) is 7.73. The van der Waals surface area contributed by atoms with Crippen LogP contribution in [0.3, 0.4) is 0 Å². The molecule has 0 bridgehead atoms. The Bertz CT molecular complexity index is 2530. The van der Waals surface area contributed by atoms with Gasteiger partial charge in [0.2, 0.25) is 47.3 Å². The number of hydrogen-bond acceptors (Lipinski definition) is 12. The lowest BCUT2D eigenvalue weighted by molar-refractivity contribution is -0.138. The zero-order valence-corrected chi connectivity index (χ0v) is 40.8. The maximum absolute atomic E-state index is 14.6. The Labute approximate surface area is 421 Å². The van der Waals surface area contributed by atoms with E-state index in [0.29, 0.717) is 29.7 Å². The summed E-state index contributed by atoms with van der Waals surface area (Å²) in [6, 6.07) is 6.37. The summed E-state index contributed by atoms with van der Waals surface area (Å²) in [5, 5.41) is 28.6. The van der Waals surface area contributed by atoms with E-state index in [0.717, 1.165) is 10.9 Å². The smallest absolute Gasteiger partial charge is 0.303 e. The van der Waals surface area contributed by atoms with Gasteiger partial charge in [0.25, 0.3) is 0 Å². The highest BCUT2D eigenvalue weighted by molar-refractivity contribution is 5.98. The number of primary amides is 1. The number of imidazole rings is 1. The molecule has 4 rings (SSSR count). The van der Waals surface area contributed by atoms with Gasteiger partial charge in [-0.05, 0) is 42.9 Å². The van der Waals surface area contributed by atoms with Crippen LogP contribution in [0, 0.1) is 0 Å². The number of aromatic amines is 2. The van der Waals surface area contributed by atoms with Crippen LogP contribution in [0.4, 0.5) is 0 Å². The van der Waals surface area contributed by atoms with Gasteiger partial charge in [0.1, 0.15) is 42.3 Å². The van der Waals surface area contributed by atoms with E-state index in [1.54, 1.807) is 42.6 Å². The van der Waals surface area contributed by atoms with Gasteiger partial charge in [-0.25, -0.2) is 4.98 Å². The standard InChI is InChI=1S/C48H67N15O10/c1-3-4-14-33(57-27(2)64)42(68)59-35(17-18-40(65)66)44(70)62-38(22-30-25-53-26-56-30)47(73)60-36(20-28-11-6-5-7-12-28)45(71)58-34(16-10-19-54-48(51)52)43(69)61-37(46(72)63-39(23-49)41(50)67)21-29-24-55-32-15-9-8-13-31(29)32/h5-9,11-13,15,24-26,33-39,55H,3-4,10,14,16-23,49H2,1-2H3,(H2,50,67)(H,53,56)(H,57,64)(H,58,71)(H,59,68)(H,60,73)(H,61,69)(H,62,70)(H,63,72)(H,65,66)(H4,51,52,54)/t33-,34-,35-,36+,37-,38-,39-/m0/s1. The largest absolute Gasteiger partial charge is 0.481 e. The number of carboxylic acids is 1. The molecule has 2 aromatic heterocycles. The number of unbranched alkanes of at least 4 members (excludes halogenated alkanes) is 1. The van der Waals surface area contributed by atoms with Crippen LogP contribution in [0.5, 0.6) is 0 Å². The van der Waals surface area contributed by atoms with Gasteiger partial charge in [-0.2, -0.15) is 0 Å².